The fourth-order valence-electron chi connectivity index (χ4n) is 2.74. The van der Waals surface area contributed by atoms with Crippen molar-refractivity contribution in [2.75, 3.05) is 0 Å². The molecule has 0 atom stereocenters. The Bertz CT molecular complexity index is 1100. The third-order valence-corrected chi connectivity index (χ3v) is 8.07. The van der Waals surface area contributed by atoms with Crippen LogP contribution < -0.4 is 17.0 Å². The lowest BCUT2D eigenvalue weighted by molar-refractivity contribution is -0.120. The Labute approximate surface area is 213 Å². The molecule has 35 heavy (non-hydrogen) atoms. The van der Waals surface area contributed by atoms with Gasteiger partial charge in [-0.1, -0.05) is 41.5 Å². The lowest BCUT2D eigenvalue weighted by Gasteiger charge is -2.31. The predicted octanol–water partition coefficient (Wildman–Crippen LogP) is 1.57. The number of rotatable bonds is 5. The summed E-state index contributed by atoms with van der Waals surface area (Å²) < 4.78 is 4.38. The monoisotopic (exact) mass is 525 g/mol. The van der Waals surface area contributed by atoms with E-state index >= 15 is 0 Å². The number of nitrogens with two attached hydrogens (primary N) is 2. The molecule has 1 aliphatic rings. The Kier molecular flexibility index (Phi) is 11.6. The van der Waals surface area contributed by atoms with Gasteiger partial charge in [-0.15, -0.1) is 28.6 Å². The molecule has 1 aliphatic heterocycles. The molecule has 3 rings (SSSR count). The first-order valence-corrected chi connectivity index (χ1v) is 12.7. The molecule has 2 aromatic rings. The number of aromatic nitrogens is 7. The zero-order valence-electron chi connectivity index (χ0n) is 21.6. The quantitative estimate of drug-likeness (QED) is 0.331. The van der Waals surface area contributed by atoms with Crippen molar-refractivity contribution in [3.8, 4) is 0 Å². The minimum Gasteiger partial charge on any atom is -0.365 e. The number of carbonyl (C=O) groups excluding carboxylic acids is 2. The van der Waals surface area contributed by atoms with E-state index in [1.165, 1.54) is 23.5 Å². The van der Waals surface area contributed by atoms with Gasteiger partial charge in [0.2, 0.25) is 0 Å². The fraction of sp³-hybridized carbons (Fsp3) is 0.619. The number of hydrogen-bond acceptors (Lipinski definition) is 10. The van der Waals surface area contributed by atoms with Crippen molar-refractivity contribution in [1.29, 1.82) is 0 Å². The molecule has 0 aromatic carbocycles. The van der Waals surface area contributed by atoms with Gasteiger partial charge < -0.3 is 11.5 Å². The van der Waals surface area contributed by atoms with E-state index in [-0.39, 0.29) is 17.1 Å². The zero-order valence-corrected chi connectivity index (χ0v) is 23.3. The van der Waals surface area contributed by atoms with Crippen molar-refractivity contribution in [2.24, 2.45) is 31.5 Å². The second kappa shape index (κ2) is 13.4. The van der Waals surface area contributed by atoms with Gasteiger partial charge in [0.05, 0.1) is 8.82 Å². The Morgan fingerprint density at radius 2 is 1.43 bits per heavy atom. The van der Waals surface area contributed by atoms with Gasteiger partial charge in [-0.3, -0.25) is 19.1 Å². The molecule has 0 bridgehead atoms. The number of amides is 2. The zero-order chi connectivity index (χ0) is 27.0. The normalized spacial score (nSPS) is 14.6. The molecule has 0 saturated carbocycles. The number of tetrazole rings is 1. The highest BCUT2D eigenvalue weighted by Crippen LogP contribution is 2.55. The SMILES string of the molecule is CC(C)C1SC(=C(C(N)=O)C(N)=O)S1.CC(C)c1nnnn1C.Cc1nn(C)c(C(C)C)nc1=O. The molecular weight excluding hydrogens is 490 g/mol. The topological polar surface area (TPSA) is 178 Å². The summed E-state index contributed by atoms with van der Waals surface area (Å²) in [5, 5.41) is 15.1. The van der Waals surface area contributed by atoms with E-state index in [1.807, 2.05) is 20.9 Å². The summed E-state index contributed by atoms with van der Waals surface area (Å²) in [5.74, 6) is 1.31. The number of aryl methyl sites for hydroxylation is 3. The number of carbonyl (C=O) groups is 2. The van der Waals surface area contributed by atoms with E-state index in [0.29, 0.717) is 26.3 Å². The molecule has 0 spiro atoms. The first-order chi connectivity index (χ1) is 16.2. The highest BCUT2D eigenvalue weighted by atomic mass is 32.3. The molecule has 0 unspecified atom stereocenters. The molecule has 12 nitrogen and oxygen atoms in total. The van der Waals surface area contributed by atoms with Crippen LogP contribution in [0.15, 0.2) is 14.6 Å². The molecule has 14 heteroatoms. The van der Waals surface area contributed by atoms with Crippen LogP contribution in [-0.2, 0) is 23.7 Å². The van der Waals surface area contributed by atoms with Gasteiger partial charge in [0.15, 0.2) is 5.82 Å². The number of nitrogens with zero attached hydrogens (tertiary/aromatic N) is 7. The van der Waals surface area contributed by atoms with Crippen molar-refractivity contribution in [3.05, 3.63) is 37.5 Å². The number of hydrogen-bond donors (Lipinski definition) is 2. The predicted molar refractivity (Wildman–Crippen MR) is 138 cm³/mol. The Balaban J connectivity index is 0.000000269. The van der Waals surface area contributed by atoms with Gasteiger partial charge in [-0.25, -0.2) is 4.68 Å². The van der Waals surface area contributed by atoms with Crippen molar-refractivity contribution in [1.82, 2.24) is 35.0 Å². The van der Waals surface area contributed by atoms with Gasteiger partial charge >= 0.3 is 0 Å². The van der Waals surface area contributed by atoms with Crippen molar-refractivity contribution >= 4 is 35.3 Å². The van der Waals surface area contributed by atoms with Crippen LogP contribution in [0.25, 0.3) is 0 Å². The molecule has 0 radical (unpaired) electrons. The van der Waals surface area contributed by atoms with Gasteiger partial charge in [0.1, 0.15) is 17.1 Å². The van der Waals surface area contributed by atoms with Crippen LogP contribution in [0.5, 0.6) is 0 Å². The largest absolute Gasteiger partial charge is 0.365 e. The van der Waals surface area contributed by atoms with E-state index in [9.17, 15) is 14.4 Å². The van der Waals surface area contributed by atoms with Crippen LogP contribution in [0, 0.1) is 12.8 Å². The van der Waals surface area contributed by atoms with E-state index in [0.717, 1.165) is 11.6 Å². The second-order valence-corrected chi connectivity index (χ2v) is 11.6. The first-order valence-electron chi connectivity index (χ1n) is 11.0. The summed E-state index contributed by atoms with van der Waals surface area (Å²) in [6.07, 6.45) is 0. The average Bonchev–Trinajstić information content (AvgIpc) is 3.13. The highest BCUT2D eigenvalue weighted by molar-refractivity contribution is 8.38. The van der Waals surface area contributed by atoms with Crippen LogP contribution in [0.3, 0.4) is 0 Å². The van der Waals surface area contributed by atoms with Crippen LogP contribution in [0.2, 0.25) is 0 Å². The summed E-state index contributed by atoms with van der Waals surface area (Å²) in [4.78, 5) is 36.8. The van der Waals surface area contributed by atoms with Gasteiger partial charge in [0.25, 0.3) is 17.4 Å². The van der Waals surface area contributed by atoms with Crippen LogP contribution >= 0.6 is 23.5 Å². The molecule has 4 N–H and O–H groups in total. The minimum absolute atomic E-state index is 0.0584. The van der Waals surface area contributed by atoms with Crippen LogP contribution in [0.4, 0.5) is 0 Å². The summed E-state index contributed by atoms with van der Waals surface area (Å²) in [6.45, 7) is 13.9. The van der Waals surface area contributed by atoms with Crippen molar-refractivity contribution < 1.29 is 9.59 Å². The fourth-order valence-corrected chi connectivity index (χ4v) is 5.27. The maximum Gasteiger partial charge on any atom is 0.294 e. The first kappa shape index (κ1) is 30.3. The third-order valence-electron chi connectivity index (χ3n) is 4.53. The second-order valence-electron chi connectivity index (χ2n) is 8.69. The molecule has 2 aromatic heterocycles. The van der Waals surface area contributed by atoms with Crippen molar-refractivity contribution in [3.63, 3.8) is 0 Å². The maximum atomic E-state index is 11.1. The summed E-state index contributed by atoms with van der Waals surface area (Å²) in [5.41, 5.74) is 10.3. The van der Waals surface area contributed by atoms with E-state index in [1.54, 1.807) is 23.3 Å². The Hall–Kier alpha value is -2.74. The molecule has 2 amide bonds. The number of thioether (sulfide) groups is 2. The van der Waals surface area contributed by atoms with Gasteiger partial charge in [-0.05, 0) is 23.3 Å². The lowest BCUT2D eigenvalue weighted by Crippen LogP contribution is -2.29. The standard InChI is InChI=1S/C8H13N3O.C8H12N2O2S2.C5H10N4/c1-5(2)7-9-8(12)6(3)10-11(7)4;1-3(2)7-13-8(14-7)4(5(9)11)6(10)12;1-4(2)5-6-7-8-9(5)3/h5H,1-4H3;3,7H,1-2H3,(H2,9,11)(H2,10,12);4H,1-3H3. The summed E-state index contributed by atoms with van der Waals surface area (Å²) in [7, 11) is 3.64. The van der Waals surface area contributed by atoms with Crippen molar-refractivity contribution in [2.45, 2.75) is 64.9 Å². The summed E-state index contributed by atoms with van der Waals surface area (Å²) in [6, 6.07) is 0. The molecule has 3 heterocycles. The Morgan fingerprint density at radius 3 is 1.77 bits per heavy atom. The molecule has 0 aliphatic carbocycles. The lowest BCUT2D eigenvalue weighted by atomic mass is 10.2. The Morgan fingerprint density at radius 1 is 0.914 bits per heavy atom. The molecule has 1 saturated heterocycles. The highest BCUT2D eigenvalue weighted by Gasteiger charge is 2.33. The number of primary amides is 2. The van der Waals surface area contributed by atoms with Crippen LogP contribution in [-0.4, -0.2) is 51.4 Å². The van der Waals surface area contributed by atoms with Crippen LogP contribution in [0.1, 0.15) is 70.7 Å². The van der Waals surface area contributed by atoms with Gasteiger partial charge in [-0.2, -0.15) is 10.1 Å². The minimum atomic E-state index is -0.741. The smallest absolute Gasteiger partial charge is 0.294 e. The molecule has 194 valence electrons. The van der Waals surface area contributed by atoms with Gasteiger partial charge in [0, 0.05) is 25.9 Å². The average molecular weight is 526 g/mol. The van der Waals surface area contributed by atoms with E-state index in [4.69, 9.17) is 11.5 Å². The third kappa shape index (κ3) is 8.76. The molecular formula is C21H35N9O3S2. The molecule has 1 fully saturated rings. The van der Waals surface area contributed by atoms with E-state index < -0.39 is 11.8 Å². The summed E-state index contributed by atoms with van der Waals surface area (Å²) >= 11 is 2.97. The maximum absolute atomic E-state index is 11.1. The van der Waals surface area contributed by atoms with E-state index in [2.05, 4.69) is 53.3 Å².